The minimum Gasteiger partial charge on any atom is -0.338 e. The van der Waals surface area contributed by atoms with Crippen LogP contribution in [0.2, 0.25) is 0 Å². The molecule has 0 unspecified atom stereocenters. The Morgan fingerprint density at radius 1 is 1.50 bits per heavy atom. The molecule has 0 aromatic carbocycles. The van der Waals surface area contributed by atoms with Gasteiger partial charge in [0.25, 0.3) is 5.82 Å². The quantitative estimate of drug-likeness (QED) is 0.645. The van der Waals surface area contributed by atoms with E-state index in [1.165, 1.54) is 0 Å². The molecule has 12 heavy (non-hydrogen) atoms. The van der Waals surface area contributed by atoms with Crippen molar-refractivity contribution >= 4 is 0 Å². The van der Waals surface area contributed by atoms with Crippen molar-refractivity contribution in [2.24, 2.45) is 0 Å². The lowest BCUT2D eigenvalue weighted by atomic mass is 10.5. The molecule has 1 aromatic heterocycles. The molecule has 0 aliphatic rings. The van der Waals surface area contributed by atoms with Crippen molar-refractivity contribution in [3.8, 4) is 6.07 Å². The Hall–Kier alpha value is -1.58. The minimum absolute atomic E-state index is 0.316. The van der Waals surface area contributed by atoms with E-state index in [0.29, 0.717) is 0 Å². The normalized spacial score (nSPS) is 11.2. The molecule has 0 atom stereocenters. The van der Waals surface area contributed by atoms with Gasteiger partial charge in [-0.15, -0.1) is 0 Å². The highest BCUT2D eigenvalue weighted by molar-refractivity contribution is 4.95. The van der Waals surface area contributed by atoms with E-state index in [1.54, 1.807) is 6.07 Å². The SMILES string of the molecule is N#CCc1nc(C(F)(F)F)no1. The first-order chi connectivity index (χ1) is 5.54. The second-order valence-corrected chi connectivity index (χ2v) is 1.84. The summed E-state index contributed by atoms with van der Waals surface area (Å²) in [5, 5.41) is 10.7. The molecule has 7 heteroatoms. The molecule has 0 radical (unpaired) electrons. The van der Waals surface area contributed by atoms with Gasteiger partial charge in [-0.05, 0) is 0 Å². The molecule has 0 spiro atoms. The van der Waals surface area contributed by atoms with E-state index in [2.05, 4.69) is 14.7 Å². The molecule has 1 heterocycles. The zero-order chi connectivity index (χ0) is 9.19. The van der Waals surface area contributed by atoms with Gasteiger partial charge in [-0.3, -0.25) is 0 Å². The molecular weight excluding hydrogens is 175 g/mol. The smallest absolute Gasteiger partial charge is 0.338 e. The molecule has 0 saturated heterocycles. The third kappa shape index (κ3) is 1.72. The highest BCUT2D eigenvalue weighted by Gasteiger charge is 2.37. The van der Waals surface area contributed by atoms with Gasteiger partial charge in [-0.25, -0.2) is 0 Å². The summed E-state index contributed by atoms with van der Waals surface area (Å²) in [6, 6.07) is 1.59. The Kier molecular flexibility index (Phi) is 1.99. The standard InChI is InChI=1S/C5H2F3N3O/c6-5(7,8)4-10-3(1-2-9)12-11-4/h1H2. The number of rotatable bonds is 1. The Morgan fingerprint density at radius 2 is 2.17 bits per heavy atom. The van der Waals surface area contributed by atoms with Crippen LogP contribution in [0.25, 0.3) is 0 Å². The molecule has 0 amide bonds. The van der Waals surface area contributed by atoms with Gasteiger partial charge in [0.1, 0.15) is 6.42 Å². The van der Waals surface area contributed by atoms with E-state index in [9.17, 15) is 13.2 Å². The molecule has 1 rings (SSSR count). The molecular formula is C5H2F3N3O. The van der Waals surface area contributed by atoms with Gasteiger partial charge in [0.15, 0.2) is 0 Å². The third-order valence-corrected chi connectivity index (χ3v) is 0.952. The summed E-state index contributed by atoms with van der Waals surface area (Å²) < 4.78 is 39.4. The molecule has 0 bridgehead atoms. The second-order valence-electron chi connectivity index (χ2n) is 1.84. The highest BCUT2D eigenvalue weighted by Crippen LogP contribution is 2.26. The number of halogens is 3. The van der Waals surface area contributed by atoms with E-state index < -0.39 is 12.0 Å². The molecule has 0 aliphatic carbocycles. The van der Waals surface area contributed by atoms with Gasteiger partial charge in [-0.1, -0.05) is 5.16 Å². The average Bonchev–Trinajstić information content (AvgIpc) is 2.35. The maximum atomic E-state index is 11.8. The van der Waals surface area contributed by atoms with E-state index in [-0.39, 0.29) is 12.3 Å². The molecule has 0 N–H and O–H groups in total. The molecule has 64 valence electrons. The third-order valence-electron chi connectivity index (χ3n) is 0.952. The summed E-state index contributed by atoms with van der Waals surface area (Å²) in [6.07, 6.45) is -4.93. The summed E-state index contributed by atoms with van der Waals surface area (Å²) in [5.41, 5.74) is 0. The monoisotopic (exact) mass is 177 g/mol. The molecule has 4 nitrogen and oxygen atoms in total. The van der Waals surface area contributed by atoms with E-state index >= 15 is 0 Å². The first-order valence-electron chi connectivity index (χ1n) is 2.81. The maximum Gasteiger partial charge on any atom is 0.455 e. The first kappa shape index (κ1) is 8.52. The van der Waals surface area contributed by atoms with Crippen LogP contribution in [-0.2, 0) is 12.6 Å². The highest BCUT2D eigenvalue weighted by atomic mass is 19.4. The largest absolute Gasteiger partial charge is 0.455 e. The molecule has 1 aromatic rings. The maximum absolute atomic E-state index is 11.8. The van der Waals surface area contributed by atoms with E-state index in [4.69, 9.17) is 5.26 Å². The van der Waals surface area contributed by atoms with Gasteiger partial charge < -0.3 is 4.52 Å². The van der Waals surface area contributed by atoms with Crippen molar-refractivity contribution in [2.75, 3.05) is 0 Å². The molecule has 0 aliphatic heterocycles. The molecule has 0 fully saturated rings. The van der Waals surface area contributed by atoms with Crippen LogP contribution in [0.5, 0.6) is 0 Å². The van der Waals surface area contributed by atoms with Crippen LogP contribution in [0, 0.1) is 11.3 Å². The van der Waals surface area contributed by atoms with Crippen LogP contribution in [0.1, 0.15) is 11.7 Å². The van der Waals surface area contributed by atoms with Crippen molar-refractivity contribution in [3.05, 3.63) is 11.7 Å². The first-order valence-corrected chi connectivity index (χ1v) is 2.81. The van der Waals surface area contributed by atoms with Gasteiger partial charge in [0.2, 0.25) is 5.89 Å². The predicted molar refractivity (Wildman–Crippen MR) is 28.6 cm³/mol. The Bertz CT molecular complexity index is 310. The zero-order valence-corrected chi connectivity index (χ0v) is 5.59. The van der Waals surface area contributed by atoms with Crippen molar-refractivity contribution < 1.29 is 17.7 Å². The van der Waals surface area contributed by atoms with Gasteiger partial charge in [0, 0.05) is 0 Å². The summed E-state index contributed by atoms with van der Waals surface area (Å²) in [6.45, 7) is 0. The van der Waals surface area contributed by atoms with Crippen molar-refractivity contribution in [2.45, 2.75) is 12.6 Å². The van der Waals surface area contributed by atoms with Crippen molar-refractivity contribution in [3.63, 3.8) is 0 Å². The fourth-order valence-corrected chi connectivity index (χ4v) is 0.509. The Labute approximate surface area is 64.6 Å². The van der Waals surface area contributed by atoms with Crippen LogP contribution < -0.4 is 0 Å². The van der Waals surface area contributed by atoms with Crippen LogP contribution in [0.15, 0.2) is 4.52 Å². The van der Waals surface area contributed by atoms with Crippen molar-refractivity contribution in [1.29, 1.82) is 5.26 Å². The lowest BCUT2D eigenvalue weighted by Crippen LogP contribution is -2.07. The number of hydrogen-bond acceptors (Lipinski definition) is 4. The van der Waals surface area contributed by atoms with Crippen LogP contribution in [-0.4, -0.2) is 10.1 Å². The van der Waals surface area contributed by atoms with Crippen LogP contribution in [0.4, 0.5) is 13.2 Å². The number of aromatic nitrogens is 2. The summed E-state index contributed by atoms with van der Waals surface area (Å²) >= 11 is 0. The minimum atomic E-state index is -4.61. The average molecular weight is 177 g/mol. The van der Waals surface area contributed by atoms with Crippen molar-refractivity contribution in [1.82, 2.24) is 10.1 Å². The summed E-state index contributed by atoms with van der Waals surface area (Å²) in [7, 11) is 0. The van der Waals surface area contributed by atoms with Crippen LogP contribution >= 0.6 is 0 Å². The van der Waals surface area contributed by atoms with Gasteiger partial charge >= 0.3 is 6.18 Å². The van der Waals surface area contributed by atoms with E-state index in [0.717, 1.165) is 0 Å². The summed E-state index contributed by atoms with van der Waals surface area (Å²) in [5.74, 6) is -1.68. The lowest BCUT2D eigenvalue weighted by molar-refractivity contribution is -0.146. The number of alkyl halides is 3. The van der Waals surface area contributed by atoms with Gasteiger partial charge in [0.05, 0.1) is 6.07 Å². The van der Waals surface area contributed by atoms with Gasteiger partial charge in [-0.2, -0.15) is 23.4 Å². The second kappa shape index (κ2) is 2.81. The Balaban J connectivity index is 2.86. The lowest BCUT2D eigenvalue weighted by Gasteiger charge is -1.95. The fraction of sp³-hybridized carbons (Fsp3) is 0.400. The zero-order valence-electron chi connectivity index (χ0n) is 5.59. The summed E-state index contributed by atoms with van der Waals surface area (Å²) in [4.78, 5) is 2.95. The van der Waals surface area contributed by atoms with Crippen LogP contribution in [0.3, 0.4) is 0 Å². The Morgan fingerprint density at radius 3 is 2.58 bits per heavy atom. The predicted octanol–water partition coefficient (Wildman–Crippen LogP) is 1.15. The van der Waals surface area contributed by atoms with E-state index in [1.807, 2.05) is 0 Å². The number of nitrogens with zero attached hydrogens (tertiary/aromatic N) is 3. The fourth-order valence-electron chi connectivity index (χ4n) is 0.509. The number of hydrogen-bond donors (Lipinski definition) is 0. The topological polar surface area (TPSA) is 62.7 Å². The number of nitriles is 1. The molecule has 0 saturated carbocycles.